The molecule has 1 aliphatic rings. The van der Waals surface area contributed by atoms with Crippen LogP contribution in [0.15, 0.2) is 29.5 Å². The highest BCUT2D eigenvalue weighted by Crippen LogP contribution is 2.33. The normalized spacial score (nSPS) is 17.2. The minimum Gasteiger partial charge on any atom is -0.460 e. The number of methoxy groups -OCH3 is 1. The lowest BCUT2D eigenvalue weighted by atomic mass is 9.94. The van der Waals surface area contributed by atoms with Crippen molar-refractivity contribution in [3.05, 3.63) is 46.7 Å². The van der Waals surface area contributed by atoms with Crippen LogP contribution in [-0.2, 0) is 14.3 Å². The van der Waals surface area contributed by atoms with Crippen molar-refractivity contribution in [3.63, 3.8) is 0 Å². The van der Waals surface area contributed by atoms with Gasteiger partial charge in [-0.2, -0.15) is 0 Å². The average molecular weight is 396 g/mol. The molecule has 1 atom stereocenters. The van der Waals surface area contributed by atoms with Gasteiger partial charge in [-0.1, -0.05) is 19.9 Å². The summed E-state index contributed by atoms with van der Waals surface area (Å²) in [4.78, 5) is 26.8. The largest absolute Gasteiger partial charge is 0.460 e. The molecule has 0 spiro atoms. The maximum atomic E-state index is 14.4. The molecule has 1 aliphatic heterocycles. The Balaban J connectivity index is 2.44. The summed E-state index contributed by atoms with van der Waals surface area (Å²) in [5.41, 5.74) is 0.502. The van der Waals surface area contributed by atoms with E-state index in [1.165, 1.54) is 18.1 Å². The minimum atomic E-state index is -1.07. The van der Waals surface area contributed by atoms with Gasteiger partial charge in [-0.05, 0) is 25.3 Å². The molecule has 6 nitrogen and oxygen atoms in total. The number of nitrogens with one attached hydrogen (secondary N) is 1. The van der Waals surface area contributed by atoms with Crippen LogP contribution in [-0.4, -0.2) is 43.8 Å². The standard InChI is InChI=1S/C20H26F2N2O4/c1-12(2)7-8-24-13(3)17(19(25)28-10-9-27-4)18(23-20(24)26)15-6-5-14(21)11-16(15)22/h5-6,11-12,18H,7-10H2,1-4H3,(H,23,26)/t18-/m0/s1. The fourth-order valence-corrected chi connectivity index (χ4v) is 2.97. The first-order valence-corrected chi connectivity index (χ1v) is 9.16. The molecule has 28 heavy (non-hydrogen) atoms. The zero-order valence-electron chi connectivity index (χ0n) is 16.6. The third kappa shape index (κ3) is 5.07. The SMILES string of the molecule is COCCOC(=O)C1=C(C)N(CCC(C)C)C(=O)N[C@H]1c1ccc(F)cc1F. The summed E-state index contributed by atoms with van der Waals surface area (Å²) in [7, 11) is 1.48. The third-order valence-corrected chi connectivity index (χ3v) is 4.54. The molecule has 0 saturated carbocycles. The lowest BCUT2D eigenvalue weighted by molar-refractivity contribution is -0.140. The monoisotopic (exact) mass is 396 g/mol. The average Bonchev–Trinajstić information content (AvgIpc) is 2.61. The number of amides is 2. The molecule has 0 unspecified atom stereocenters. The Kier molecular flexibility index (Phi) is 7.51. The Morgan fingerprint density at radius 3 is 2.61 bits per heavy atom. The predicted octanol–water partition coefficient (Wildman–Crippen LogP) is 3.54. The Bertz CT molecular complexity index is 765. The van der Waals surface area contributed by atoms with Gasteiger partial charge in [0.15, 0.2) is 0 Å². The van der Waals surface area contributed by atoms with Crippen molar-refractivity contribution in [3.8, 4) is 0 Å². The summed E-state index contributed by atoms with van der Waals surface area (Å²) >= 11 is 0. The van der Waals surface area contributed by atoms with Gasteiger partial charge in [0.2, 0.25) is 0 Å². The van der Waals surface area contributed by atoms with Gasteiger partial charge in [-0.15, -0.1) is 0 Å². The molecular weight excluding hydrogens is 370 g/mol. The maximum Gasteiger partial charge on any atom is 0.338 e. The molecule has 154 valence electrons. The Morgan fingerprint density at radius 1 is 1.29 bits per heavy atom. The summed E-state index contributed by atoms with van der Waals surface area (Å²) in [5.74, 6) is -1.93. The first-order valence-electron chi connectivity index (χ1n) is 9.16. The number of nitrogens with zero attached hydrogens (tertiary/aromatic N) is 1. The van der Waals surface area contributed by atoms with Crippen LogP contribution in [0.5, 0.6) is 0 Å². The number of carbonyl (C=O) groups excluding carboxylic acids is 2. The van der Waals surface area contributed by atoms with Gasteiger partial charge >= 0.3 is 12.0 Å². The number of ether oxygens (including phenoxy) is 2. The van der Waals surface area contributed by atoms with Gasteiger partial charge in [-0.3, -0.25) is 4.90 Å². The predicted molar refractivity (Wildman–Crippen MR) is 99.3 cm³/mol. The van der Waals surface area contributed by atoms with Gasteiger partial charge in [0.1, 0.15) is 18.2 Å². The molecule has 0 saturated heterocycles. The summed E-state index contributed by atoms with van der Waals surface area (Å²) < 4.78 is 37.8. The lowest BCUT2D eigenvalue weighted by Crippen LogP contribution is -2.48. The molecule has 0 radical (unpaired) electrons. The molecule has 1 aromatic rings. The van der Waals surface area contributed by atoms with Crippen LogP contribution in [0.25, 0.3) is 0 Å². The van der Waals surface area contributed by atoms with Gasteiger partial charge in [0.25, 0.3) is 0 Å². The summed E-state index contributed by atoms with van der Waals surface area (Å²) in [5, 5.41) is 2.65. The lowest BCUT2D eigenvalue weighted by Gasteiger charge is -2.35. The van der Waals surface area contributed by atoms with Crippen molar-refractivity contribution in [2.45, 2.75) is 33.2 Å². The molecule has 8 heteroatoms. The summed E-state index contributed by atoms with van der Waals surface area (Å²) in [6.07, 6.45) is 0.729. The van der Waals surface area contributed by atoms with E-state index in [2.05, 4.69) is 5.32 Å². The van der Waals surface area contributed by atoms with Gasteiger partial charge in [-0.25, -0.2) is 18.4 Å². The van der Waals surface area contributed by atoms with E-state index in [1.54, 1.807) is 6.92 Å². The molecule has 0 aliphatic carbocycles. The second-order valence-electron chi connectivity index (χ2n) is 7.01. The van der Waals surface area contributed by atoms with Crippen LogP contribution in [0.2, 0.25) is 0 Å². The van der Waals surface area contributed by atoms with E-state index < -0.39 is 29.7 Å². The van der Waals surface area contributed by atoms with E-state index in [4.69, 9.17) is 9.47 Å². The fraction of sp³-hybridized carbons (Fsp3) is 0.500. The summed E-state index contributed by atoms with van der Waals surface area (Å²) in [6, 6.07) is 1.50. The zero-order valence-corrected chi connectivity index (χ0v) is 16.6. The number of esters is 1. The highest BCUT2D eigenvalue weighted by Gasteiger charge is 2.37. The number of hydrogen-bond acceptors (Lipinski definition) is 4. The second-order valence-corrected chi connectivity index (χ2v) is 7.01. The van der Waals surface area contributed by atoms with Gasteiger partial charge in [0, 0.05) is 31.0 Å². The number of urea groups is 1. The molecule has 0 bridgehead atoms. The first-order chi connectivity index (χ1) is 13.3. The van der Waals surface area contributed by atoms with Crippen molar-refractivity contribution in [2.75, 3.05) is 26.9 Å². The minimum absolute atomic E-state index is 0.00342. The van der Waals surface area contributed by atoms with Crippen molar-refractivity contribution >= 4 is 12.0 Å². The highest BCUT2D eigenvalue weighted by molar-refractivity contribution is 5.95. The number of hydrogen-bond donors (Lipinski definition) is 1. The van der Waals surface area contributed by atoms with E-state index >= 15 is 0 Å². The van der Waals surface area contributed by atoms with Crippen LogP contribution in [0, 0.1) is 17.6 Å². The quantitative estimate of drug-likeness (QED) is 0.539. The summed E-state index contributed by atoms with van der Waals surface area (Å²) in [6.45, 7) is 6.31. The van der Waals surface area contributed by atoms with Crippen LogP contribution in [0.4, 0.5) is 13.6 Å². The van der Waals surface area contributed by atoms with Gasteiger partial charge < -0.3 is 14.8 Å². The molecule has 0 aromatic heterocycles. The molecular formula is C20H26F2N2O4. The number of halogens is 2. The number of carbonyl (C=O) groups is 2. The number of rotatable bonds is 8. The second kappa shape index (κ2) is 9.64. The van der Waals surface area contributed by atoms with Crippen molar-refractivity contribution < 1.29 is 27.8 Å². The van der Waals surface area contributed by atoms with Crippen molar-refractivity contribution in [2.24, 2.45) is 5.92 Å². The molecule has 1 N–H and O–H groups in total. The third-order valence-electron chi connectivity index (χ3n) is 4.54. The van der Waals surface area contributed by atoms with E-state index in [9.17, 15) is 18.4 Å². The van der Waals surface area contributed by atoms with Crippen LogP contribution in [0.3, 0.4) is 0 Å². The smallest absolute Gasteiger partial charge is 0.338 e. The van der Waals surface area contributed by atoms with E-state index in [0.717, 1.165) is 18.6 Å². The highest BCUT2D eigenvalue weighted by atomic mass is 19.1. The fourth-order valence-electron chi connectivity index (χ4n) is 2.97. The number of benzene rings is 1. The number of allylic oxidation sites excluding steroid dienone is 1. The molecule has 1 heterocycles. The van der Waals surface area contributed by atoms with Crippen LogP contribution in [0.1, 0.15) is 38.8 Å². The topological polar surface area (TPSA) is 67.9 Å². The Labute approximate surface area is 163 Å². The Morgan fingerprint density at radius 2 is 2.00 bits per heavy atom. The van der Waals surface area contributed by atoms with Crippen LogP contribution >= 0.6 is 0 Å². The van der Waals surface area contributed by atoms with E-state index in [-0.39, 0.29) is 24.4 Å². The Hall–Kier alpha value is -2.48. The van der Waals surface area contributed by atoms with E-state index in [0.29, 0.717) is 18.2 Å². The first kappa shape index (κ1) is 21.8. The van der Waals surface area contributed by atoms with Gasteiger partial charge in [0.05, 0.1) is 18.2 Å². The zero-order chi connectivity index (χ0) is 20.8. The van der Waals surface area contributed by atoms with Crippen LogP contribution < -0.4 is 5.32 Å². The molecule has 2 amide bonds. The van der Waals surface area contributed by atoms with Crippen molar-refractivity contribution in [1.82, 2.24) is 10.2 Å². The molecule has 1 aromatic carbocycles. The van der Waals surface area contributed by atoms with E-state index in [1.807, 2.05) is 13.8 Å². The molecule has 0 fully saturated rings. The molecule has 2 rings (SSSR count). The van der Waals surface area contributed by atoms with Crippen molar-refractivity contribution in [1.29, 1.82) is 0 Å². The maximum absolute atomic E-state index is 14.4.